The van der Waals surface area contributed by atoms with Crippen molar-refractivity contribution in [2.24, 2.45) is 0 Å². The van der Waals surface area contributed by atoms with Crippen LogP contribution in [0, 0.1) is 0 Å². The minimum Gasteiger partial charge on any atom is -0.483 e. The average Bonchev–Trinajstić information content (AvgIpc) is 2.23. The lowest BCUT2D eigenvalue weighted by Gasteiger charge is -2.04. The lowest BCUT2D eigenvalue weighted by molar-refractivity contribution is -0.146. The predicted molar refractivity (Wildman–Crippen MR) is 60.7 cm³/mol. The molecule has 0 aromatic heterocycles. The van der Waals surface area contributed by atoms with Gasteiger partial charge >= 0.3 is 5.97 Å². The zero-order valence-corrected chi connectivity index (χ0v) is 9.55. The fourth-order valence-electron chi connectivity index (χ4n) is 0.658. The first-order chi connectivity index (χ1) is 7.10. The first kappa shape index (κ1) is 13.8. The van der Waals surface area contributed by atoms with E-state index >= 15 is 0 Å². The molecule has 0 amide bonds. The Balaban J connectivity index is 3.80. The fraction of sp³-hybridized carbons (Fsp3) is 0.364. The molecule has 0 aliphatic heterocycles. The minimum atomic E-state index is -0.414. The molecule has 0 spiro atoms. The summed E-state index contributed by atoms with van der Waals surface area (Å²) in [6, 6.07) is 0. The van der Waals surface area contributed by atoms with E-state index < -0.39 is 5.97 Å². The molecule has 0 radical (unpaired) electrons. The van der Waals surface area contributed by atoms with Crippen molar-refractivity contribution in [1.29, 1.82) is 0 Å². The summed E-state index contributed by atoms with van der Waals surface area (Å²) in [4.78, 5) is 10.9. The Morgan fingerprint density at radius 1 is 1.33 bits per heavy atom. The van der Waals surface area contributed by atoms with Crippen molar-refractivity contribution in [2.75, 3.05) is 19.1 Å². The van der Waals surface area contributed by atoms with Crippen LogP contribution in [0.4, 0.5) is 0 Å². The molecule has 0 aliphatic carbocycles. The summed E-state index contributed by atoms with van der Waals surface area (Å²) >= 11 is 5.51. The van der Waals surface area contributed by atoms with Crippen LogP contribution in [0.3, 0.4) is 0 Å². The third kappa shape index (κ3) is 7.82. The molecule has 0 saturated carbocycles. The van der Waals surface area contributed by atoms with Crippen LogP contribution in [0.25, 0.3) is 0 Å². The largest absolute Gasteiger partial charge is 0.483 e. The van der Waals surface area contributed by atoms with E-state index in [1.165, 1.54) is 0 Å². The normalized spacial score (nSPS) is 10.0. The highest BCUT2D eigenvalue weighted by atomic mass is 35.5. The molecular formula is C11H15ClO3. The fourth-order valence-corrected chi connectivity index (χ4v) is 0.747. The molecule has 3 nitrogen and oxygen atoms in total. The number of alkyl halides is 1. The highest BCUT2D eigenvalue weighted by Crippen LogP contribution is 2.01. The van der Waals surface area contributed by atoms with E-state index in [4.69, 9.17) is 16.3 Å². The summed E-state index contributed by atoms with van der Waals surface area (Å²) in [5.41, 5.74) is 0.748. The third-order valence-corrected chi connectivity index (χ3v) is 1.70. The van der Waals surface area contributed by atoms with Gasteiger partial charge in [-0.3, -0.25) is 0 Å². The monoisotopic (exact) mass is 230 g/mol. The summed E-state index contributed by atoms with van der Waals surface area (Å²) in [5.74, 6) is 0.305. The predicted octanol–water partition coefficient (Wildman–Crippen LogP) is 2.43. The lowest BCUT2D eigenvalue weighted by atomic mass is 10.3. The number of hydrogen-bond donors (Lipinski definition) is 0. The molecule has 0 aromatic carbocycles. The summed E-state index contributed by atoms with van der Waals surface area (Å²) < 4.78 is 9.68. The molecule has 0 saturated heterocycles. The second kappa shape index (κ2) is 8.12. The molecule has 0 rings (SSSR count). The van der Waals surface area contributed by atoms with Crippen LogP contribution >= 0.6 is 11.6 Å². The Kier molecular flexibility index (Phi) is 7.46. The number of ether oxygens (including phenoxy) is 2. The minimum absolute atomic E-state index is 0.135. The first-order valence-corrected chi connectivity index (χ1v) is 5.02. The number of rotatable bonds is 7. The molecule has 0 N–H and O–H groups in total. The number of allylic oxidation sites excluding steroid dienone is 3. The molecule has 0 unspecified atom stereocenters. The number of esters is 1. The first-order valence-electron chi connectivity index (χ1n) is 4.49. The van der Waals surface area contributed by atoms with Gasteiger partial charge in [-0.2, -0.15) is 0 Å². The second-order valence-electron chi connectivity index (χ2n) is 2.69. The van der Waals surface area contributed by atoms with Gasteiger partial charge in [-0.15, -0.1) is 11.6 Å². The number of halogens is 1. The van der Waals surface area contributed by atoms with Gasteiger partial charge in [0.25, 0.3) is 0 Å². The zero-order chi connectivity index (χ0) is 11.7. The highest BCUT2D eigenvalue weighted by Gasteiger charge is 2.01. The van der Waals surface area contributed by atoms with Crippen LogP contribution in [0.2, 0.25) is 0 Å². The summed E-state index contributed by atoms with van der Waals surface area (Å²) in [5, 5.41) is 0. The third-order valence-electron chi connectivity index (χ3n) is 1.36. The highest BCUT2D eigenvalue weighted by molar-refractivity contribution is 6.19. The maximum absolute atomic E-state index is 10.9. The van der Waals surface area contributed by atoms with Crippen molar-refractivity contribution in [3.8, 4) is 0 Å². The van der Waals surface area contributed by atoms with Crippen LogP contribution in [-0.2, 0) is 14.3 Å². The molecule has 0 heterocycles. The van der Waals surface area contributed by atoms with Gasteiger partial charge in [0.05, 0.1) is 6.61 Å². The summed E-state index contributed by atoms with van der Waals surface area (Å²) in [6.07, 6.45) is 3.28. The summed E-state index contributed by atoms with van der Waals surface area (Å²) in [6.45, 7) is 9.19. The Bertz CT molecular complexity index is 269. The molecule has 0 aromatic rings. The van der Waals surface area contributed by atoms with Crippen LogP contribution in [0.15, 0.2) is 36.6 Å². The number of carbonyl (C=O) groups excluding carboxylic acids is 1. The van der Waals surface area contributed by atoms with Crippen LogP contribution in [0.1, 0.15) is 6.92 Å². The SMILES string of the molecule is C=C(/C=C\C(=C)OCC(=O)OCC)CCl. The Morgan fingerprint density at radius 3 is 2.53 bits per heavy atom. The van der Waals surface area contributed by atoms with E-state index in [1.54, 1.807) is 19.1 Å². The lowest BCUT2D eigenvalue weighted by Crippen LogP contribution is -2.11. The quantitative estimate of drug-likeness (QED) is 0.292. The van der Waals surface area contributed by atoms with E-state index in [0.717, 1.165) is 5.57 Å². The number of carbonyl (C=O) groups is 1. The maximum atomic E-state index is 10.9. The number of hydrogen-bond acceptors (Lipinski definition) is 3. The van der Waals surface area contributed by atoms with Crippen molar-refractivity contribution in [3.63, 3.8) is 0 Å². The van der Waals surface area contributed by atoms with Crippen LogP contribution in [-0.4, -0.2) is 25.1 Å². The molecule has 4 heteroatoms. The van der Waals surface area contributed by atoms with Gasteiger partial charge in [0.2, 0.25) is 0 Å². The maximum Gasteiger partial charge on any atom is 0.344 e. The van der Waals surface area contributed by atoms with Gasteiger partial charge in [-0.05, 0) is 18.6 Å². The Morgan fingerprint density at radius 2 is 2.00 bits per heavy atom. The van der Waals surface area contributed by atoms with Gasteiger partial charge < -0.3 is 9.47 Å². The van der Waals surface area contributed by atoms with E-state index in [9.17, 15) is 4.79 Å². The molecule has 0 fully saturated rings. The van der Waals surface area contributed by atoms with E-state index in [1.807, 2.05) is 0 Å². The molecule has 0 bridgehead atoms. The van der Waals surface area contributed by atoms with Gasteiger partial charge in [0.1, 0.15) is 5.76 Å². The molecular weight excluding hydrogens is 216 g/mol. The average molecular weight is 231 g/mol. The summed E-state index contributed by atoms with van der Waals surface area (Å²) in [7, 11) is 0. The smallest absolute Gasteiger partial charge is 0.344 e. The van der Waals surface area contributed by atoms with E-state index in [0.29, 0.717) is 18.2 Å². The Labute approximate surface area is 95.0 Å². The van der Waals surface area contributed by atoms with Crippen molar-refractivity contribution in [3.05, 3.63) is 36.6 Å². The van der Waals surface area contributed by atoms with E-state index in [2.05, 4.69) is 17.9 Å². The topological polar surface area (TPSA) is 35.5 Å². The molecule has 84 valence electrons. The van der Waals surface area contributed by atoms with Gasteiger partial charge in [0.15, 0.2) is 6.61 Å². The molecule has 0 aliphatic rings. The standard InChI is InChI=1S/C11H15ClO3/c1-4-14-11(13)8-15-10(3)6-5-9(2)7-12/h5-6H,2-4,7-8H2,1H3/b6-5-. The zero-order valence-electron chi connectivity index (χ0n) is 8.79. The molecule has 15 heavy (non-hydrogen) atoms. The van der Waals surface area contributed by atoms with Crippen molar-refractivity contribution < 1.29 is 14.3 Å². The van der Waals surface area contributed by atoms with Gasteiger partial charge in [0, 0.05) is 5.88 Å². The second-order valence-corrected chi connectivity index (χ2v) is 2.95. The molecule has 0 atom stereocenters. The van der Waals surface area contributed by atoms with Crippen LogP contribution < -0.4 is 0 Å². The van der Waals surface area contributed by atoms with Crippen molar-refractivity contribution in [1.82, 2.24) is 0 Å². The van der Waals surface area contributed by atoms with Crippen LogP contribution in [0.5, 0.6) is 0 Å². The Hall–Kier alpha value is -1.22. The van der Waals surface area contributed by atoms with E-state index in [-0.39, 0.29) is 6.61 Å². The van der Waals surface area contributed by atoms with Crippen molar-refractivity contribution >= 4 is 17.6 Å². The van der Waals surface area contributed by atoms with Gasteiger partial charge in [-0.25, -0.2) is 4.79 Å². The van der Waals surface area contributed by atoms with Gasteiger partial charge in [-0.1, -0.05) is 19.2 Å². The van der Waals surface area contributed by atoms with Crippen molar-refractivity contribution in [2.45, 2.75) is 6.92 Å².